The summed E-state index contributed by atoms with van der Waals surface area (Å²) < 4.78 is 14.7. The molecule has 0 saturated carbocycles. The predicted octanol–water partition coefficient (Wildman–Crippen LogP) is 4.34. The highest BCUT2D eigenvalue weighted by Gasteiger charge is 2.17. The van der Waals surface area contributed by atoms with Crippen LogP contribution in [0.3, 0.4) is 0 Å². The minimum atomic E-state index is -0.327. The fourth-order valence-corrected chi connectivity index (χ4v) is 4.64. The molecule has 3 aromatic rings. The van der Waals surface area contributed by atoms with Gasteiger partial charge in [0.15, 0.2) is 5.16 Å². The van der Waals surface area contributed by atoms with Crippen molar-refractivity contribution in [1.29, 1.82) is 10.5 Å². The Labute approximate surface area is 163 Å². The minimum Gasteiger partial charge on any atom is -0.290 e. The molecule has 0 bridgehead atoms. The first-order valence-corrected chi connectivity index (χ1v) is 10.0. The second kappa shape index (κ2) is 8.34. The van der Waals surface area contributed by atoms with Gasteiger partial charge in [-0.2, -0.15) is 10.5 Å². The highest BCUT2D eigenvalue weighted by atomic mass is 32.2. The van der Waals surface area contributed by atoms with E-state index >= 15 is 0 Å². The summed E-state index contributed by atoms with van der Waals surface area (Å²) in [6.07, 6.45) is 0.833. The molecule has 0 unspecified atom stereocenters. The lowest BCUT2D eigenvalue weighted by molar-refractivity contribution is 0.628. The minimum absolute atomic E-state index is 0.173. The third-order valence-corrected chi connectivity index (χ3v) is 6.19. The summed E-state index contributed by atoms with van der Waals surface area (Å²) in [5.41, 5.74) is 1.33. The van der Waals surface area contributed by atoms with E-state index in [-0.39, 0.29) is 17.3 Å². The maximum atomic E-state index is 13.2. The van der Waals surface area contributed by atoms with E-state index in [0.717, 1.165) is 11.1 Å². The lowest BCUT2D eigenvalue weighted by atomic mass is 10.1. The average Bonchev–Trinajstić information content (AvgIpc) is 3.10. The number of thiophene rings is 1. The Hall–Kier alpha value is -2.68. The van der Waals surface area contributed by atoms with Gasteiger partial charge >= 0.3 is 0 Å². The zero-order chi connectivity index (χ0) is 19.4. The second-order valence-electron chi connectivity index (χ2n) is 5.93. The van der Waals surface area contributed by atoms with Gasteiger partial charge in [-0.25, -0.2) is 9.37 Å². The van der Waals surface area contributed by atoms with Crippen LogP contribution in [-0.2, 0) is 7.05 Å². The molecule has 0 radical (unpaired) electrons. The van der Waals surface area contributed by atoms with Crippen molar-refractivity contribution in [3.8, 4) is 23.3 Å². The standard InChI is InChI=1S/C19H15FN4OS2/c1-24-18(25)16-15(13-4-6-14(20)7-5-13)11-26-17(16)23-19(24)27-10-12(9-22)3-2-8-21/h4-7,11-12H,2-3,10H2,1H3/t12-/m1/s1. The van der Waals surface area contributed by atoms with Crippen LogP contribution in [0.15, 0.2) is 39.6 Å². The van der Waals surface area contributed by atoms with Gasteiger partial charge < -0.3 is 0 Å². The average molecular weight is 398 g/mol. The molecule has 0 N–H and O–H groups in total. The Kier molecular flexibility index (Phi) is 5.90. The molecular formula is C19H15FN4OS2. The van der Waals surface area contributed by atoms with Crippen LogP contribution in [0, 0.1) is 34.4 Å². The summed E-state index contributed by atoms with van der Waals surface area (Å²) in [5.74, 6) is -0.119. The summed E-state index contributed by atoms with van der Waals surface area (Å²) >= 11 is 2.71. The number of thioether (sulfide) groups is 1. The van der Waals surface area contributed by atoms with Gasteiger partial charge in [-0.15, -0.1) is 11.3 Å². The molecule has 0 fully saturated rings. The molecule has 8 heteroatoms. The van der Waals surface area contributed by atoms with Crippen LogP contribution in [0.25, 0.3) is 21.3 Å². The maximum Gasteiger partial charge on any atom is 0.263 e. The molecular weight excluding hydrogens is 383 g/mol. The molecule has 0 aliphatic carbocycles. The molecule has 1 aromatic carbocycles. The number of halogens is 1. The first-order chi connectivity index (χ1) is 13.0. The zero-order valence-corrected chi connectivity index (χ0v) is 16.1. The van der Waals surface area contributed by atoms with Crippen molar-refractivity contribution in [2.24, 2.45) is 13.0 Å². The van der Waals surface area contributed by atoms with E-state index in [1.54, 1.807) is 19.2 Å². The highest BCUT2D eigenvalue weighted by molar-refractivity contribution is 7.99. The molecule has 1 atom stereocenters. The summed E-state index contributed by atoms with van der Waals surface area (Å²) in [6, 6.07) is 10.3. The Balaban J connectivity index is 1.94. The lowest BCUT2D eigenvalue weighted by Gasteiger charge is -2.10. The number of nitriles is 2. The molecule has 0 aliphatic heterocycles. The van der Waals surface area contributed by atoms with Crippen LogP contribution >= 0.6 is 23.1 Å². The Morgan fingerprint density at radius 3 is 2.74 bits per heavy atom. The molecule has 0 saturated heterocycles. The normalized spacial score (nSPS) is 11.9. The van der Waals surface area contributed by atoms with E-state index in [1.165, 1.54) is 39.8 Å². The van der Waals surface area contributed by atoms with Gasteiger partial charge in [0.25, 0.3) is 5.56 Å². The quantitative estimate of drug-likeness (QED) is 0.456. The fourth-order valence-electron chi connectivity index (χ4n) is 2.62. The number of aromatic nitrogens is 2. The van der Waals surface area contributed by atoms with E-state index in [1.807, 2.05) is 11.4 Å². The first-order valence-electron chi connectivity index (χ1n) is 8.18. The van der Waals surface area contributed by atoms with Crippen LogP contribution in [-0.4, -0.2) is 15.3 Å². The smallest absolute Gasteiger partial charge is 0.263 e. The van der Waals surface area contributed by atoms with Crippen molar-refractivity contribution in [2.45, 2.75) is 18.0 Å². The third-order valence-electron chi connectivity index (χ3n) is 4.13. The van der Waals surface area contributed by atoms with E-state index < -0.39 is 0 Å². The van der Waals surface area contributed by atoms with Gasteiger partial charge in [0.05, 0.1) is 23.4 Å². The molecule has 0 spiro atoms. The van der Waals surface area contributed by atoms with Gasteiger partial charge in [0.1, 0.15) is 10.6 Å². The Bertz CT molecular complexity index is 1110. The van der Waals surface area contributed by atoms with Crippen LogP contribution in [0.5, 0.6) is 0 Å². The SMILES string of the molecule is Cn1c(SC[C@@H](C#N)CCC#N)nc2scc(-c3ccc(F)cc3)c2c1=O. The number of hydrogen-bond acceptors (Lipinski definition) is 6. The van der Waals surface area contributed by atoms with Crippen molar-refractivity contribution in [3.05, 3.63) is 45.8 Å². The van der Waals surface area contributed by atoms with Crippen molar-refractivity contribution in [1.82, 2.24) is 9.55 Å². The van der Waals surface area contributed by atoms with Crippen molar-refractivity contribution < 1.29 is 4.39 Å². The summed E-state index contributed by atoms with van der Waals surface area (Å²) in [5, 5.41) is 20.8. The van der Waals surface area contributed by atoms with E-state index in [4.69, 9.17) is 5.26 Å². The Morgan fingerprint density at radius 2 is 2.07 bits per heavy atom. The summed E-state index contributed by atoms with van der Waals surface area (Å²) in [6.45, 7) is 0. The summed E-state index contributed by atoms with van der Waals surface area (Å²) in [7, 11) is 1.65. The summed E-state index contributed by atoms with van der Waals surface area (Å²) in [4.78, 5) is 18.1. The third kappa shape index (κ3) is 4.02. The molecule has 27 heavy (non-hydrogen) atoms. The zero-order valence-electron chi connectivity index (χ0n) is 14.5. The number of nitrogens with zero attached hydrogens (tertiary/aromatic N) is 4. The number of rotatable bonds is 6. The van der Waals surface area contributed by atoms with Crippen molar-refractivity contribution in [3.63, 3.8) is 0 Å². The molecule has 2 heterocycles. The van der Waals surface area contributed by atoms with Crippen LogP contribution < -0.4 is 5.56 Å². The maximum absolute atomic E-state index is 13.2. The van der Waals surface area contributed by atoms with Crippen LogP contribution in [0.1, 0.15) is 12.8 Å². The lowest BCUT2D eigenvalue weighted by Crippen LogP contribution is -2.20. The largest absolute Gasteiger partial charge is 0.290 e. The van der Waals surface area contributed by atoms with Gasteiger partial charge in [0.2, 0.25) is 0 Å². The van der Waals surface area contributed by atoms with Crippen LogP contribution in [0.2, 0.25) is 0 Å². The molecule has 3 rings (SSSR count). The fraction of sp³-hybridized carbons (Fsp3) is 0.263. The van der Waals surface area contributed by atoms with E-state index in [0.29, 0.717) is 34.0 Å². The van der Waals surface area contributed by atoms with Gasteiger partial charge in [0, 0.05) is 30.2 Å². The van der Waals surface area contributed by atoms with E-state index in [2.05, 4.69) is 11.1 Å². The van der Waals surface area contributed by atoms with E-state index in [9.17, 15) is 14.4 Å². The van der Waals surface area contributed by atoms with Crippen LogP contribution in [0.4, 0.5) is 4.39 Å². The second-order valence-corrected chi connectivity index (χ2v) is 7.77. The van der Waals surface area contributed by atoms with Crippen molar-refractivity contribution in [2.75, 3.05) is 5.75 Å². The predicted molar refractivity (Wildman–Crippen MR) is 105 cm³/mol. The monoisotopic (exact) mass is 398 g/mol. The number of hydrogen-bond donors (Lipinski definition) is 0. The van der Waals surface area contributed by atoms with Gasteiger partial charge in [-0.05, 0) is 24.1 Å². The van der Waals surface area contributed by atoms with Crippen molar-refractivity contribution >= 4 is 33.3 Å². The topological polar surface area (TPSA) is 82.5 Å². The molecule has 5 nitrogen and oxygen atoms in total. The van der Waals surface area contributed by atoms with Gasteiger partial charge in [-0.1, -0.05) is 23.9 Å². The Morgan fingerprint density at radius 1 is 1.33 bits per heavy atom. The highest BCUT2D eigenvalue weighted by Crippen LogP contribution is 2.32. The molecule has 0 amide bonds. The number of fused-ring (bicyclic) bond motifs is 1. The molecule has 0 aliphatic rings. The molecule has 136 valence electrons. The number of benzene rings is 1. The first kappa shape index (κ1) is 19.1. The van der Waals surface area contributed by atoms with Gasteiger partial charge in [-0.3, -0.25) is 9.36 Å². The molecule has 2 aromatic heterocycles.